The molecule has 0 aliphatic heterocycles. The minimum Gasteiger partial charge on any atom is -0.507 e. The van der Waals surface area contributed by atoms with E-state index < -0.39 is 0 Å². The molecule has 0 unspecified atom stereocenters. The maximum Gasteiger partial charge on any atom is 0.122 e. The molecule has 0 aromatic heterocycles. The van der Waals surface area contributed by atoms with Crippen molar-refractivity contribution in [1.82, 2.24) is 0 Å². The van der Waals surface area contributed by atoms with Crippen LogP contribution in [0.3, 0.4) is 0 Å². The van der Waals surface area contributed by atoms with Crippen LogP contribution in [0.4, 0.5) is 0 Å². The van der Waals surface area contributed by atoms with Crippen molar-refractivity contribution in [3.8, 4) is 11.5 Å². The Kier molecular flexibility index (Phi) is 6.23. The van der Waals surface area contributed by atoms with Crippen LogP contribution in [0.25, 0.3) is 0 Å². The molecule has 0 spiro atoms. The van der Waals surface area contributed by atoms with Crippen LogP contribution < -0.4 is 0 Å². The van der Waals surface area contributed by atoms with Crippen molar-refractivity contribution in [3.63, 3.8) is 0 Å². The van der Waals surface area contributed by atoms with Crippen LogP contribution in [-0.4, -0.2) is 10.2 Å². The van der Waals surface area contributed by atoms with Gasteiger partial charge in [0.25, 0.3) is 0 Å². The molecule has 28 heavy (non-hydrogen) atoms. The summed E-state index contributed by atoms with van der Waals surface area (Å²) in [7, 11) is 0. The largest absolute Gasteiger partial charge is 0.507 e. The van der Waals surface area contributed by atoms with Gasteiger partial charge in [-0.2, -0.15) is 0 Å². The van der Waals surface area contributed by atoms with Gasteiger partial charge in [0.1, 0.15) is 11.5 Å². The molecule has 0 fully saturated rings. The SMILES string of the molecule is CCC[C](c1cc(C)c(O)c(C(C)(C)C)c1)c1cc(C)c(O)c(C(C)(C)C)c1. The van der Waals surface area contributed by atoms with Gasteiger partial charge in [-0.15, -0.1) is 0 Å². The van der Waals surface area contributed by atoms with Gasteiger partial charge in [0.2, 0.25) is 0 Å². The quantitative estimate of drug-likeness (QED) is 0.594. The van der Waals surface area contributed by atoms with Gasteiger partial charge in [0.05, 0.1) is 0 Å². The molecule has 0 heterocycles. The van der Waals surface area contributed by atoms with E-state index in [1.165, 1.54) is 5.92 Å². The summed E-state index contributed by atoms with van der Waals surface area (Å²) in [4.78, 5) is 0. The normalized spacial score (nSPS) is 12.6. The molecule has 0 saturated carbocycles. The zero-order chi connectivity index (χ0) is 21.4. The van der Waals surface area contributed by atoms with E-state index in [0.717, 1.165) is 46.2 Å². The van der Waals surface area contributed by atoms with Crippen LogP contribution >= 0.6 is 0 Å². The van der Waals surface area contributed by atoms with Crippen molar-refractivity contribution >= 4 is 0 Å². The van der Waals surface area contributed by atoms with E-state index in [4.69, 9.17) is 0 Å². The third-order valence-corrected chi connectivity index (χ3v) is 5.41. The van der Waals surface area contributed by atoms with Crippen molar-refractivity contribution in [2.45, 2.75) is 86.0 Å². The Labute approximate surface area is 171 Å². The number of benzene rings is 2. The van der Waals surface area contributed by atoms with Crippen molar-refractivity contribution < 1.29 is 10.2 Å². The topological polar surface area (TPSA) is 40.5 Å². The molecule has 0 bridgehead atoms. The van der Waals surface area contributed by atoms with E-state index in [1.54, 1.807) is 0 Å². The number of phenols is 2. The second kappa shape index (κ2) is 7.81. The Morgan fingerprint density at radius 3 is 1.36 bits per heavy atom. The number of aromatic hydroxyl groups is 2. The fourth-order valence-corrected chi connectivity index (χ4v) is 3.76. The standard InChI is InChI=1S/C26H37O2/c1-10-11-20(18-12-16(2)23(27)21(14-18)25(4,5)6)19-13-17(3)24(28)22(15-19)26(7,8)9/h12-15,27-28H,10-11H2,1-9H3. The summed E-state index contributed by atoms with van der Waals surface area (Å²) in [5.41, 5.74) is 5.81. The van der Waals surface area contributed by atoms with Crippen LogP contribution in [0.2, 0.25) is 0 Å². The summed E-state index contributed by atoms with van der Waals surface area (Å²) < 4.78 is 0. The lowest BCUT2D eigenvalue weighted by molar-refractivity contribution is 0.442. The predicted octanol–water partition coefficient (Wildman–Crippen LogP) is 7.08. The first-order valence-electron chi connectivity index (χ1n) is 10.3. The van der Waals surface area contributed by atoms with Gasteiger partial charge >= 0.3 is 0 Å². The molecule has 2 rings (SSSR count). The van der Waals surface area contributed by atoms with Gasteiger partial charge in [0, 0.05) is 5.92 Å². The highest BCUT2D eigenvalue weighted by molar-refractivity contribution is 5.57. The third kappa shape index (κ3) is 4.54. The molecule has 0 atom stereocenters. The molecule has 0 saturated heterocycles. The summed E-state index contributed by atoms with van der Waals surface area (Å²) in [5, 5.41) is 21.3. The van der Waals surface area contributed by atoms with Crippen LogP contribution in [-0.2, 0) is 10.8 Å². The maximum absolute atomic E-state index is 10.6. The highest BCUT2D eigenvalue weighted by atomic mass is 16.3. The molecule has 2 aromatic carbocycles. The summed E-state index contributed by atoms with van der Waals surface area (Å²) in [6.07, 6.45) is 1.98. The van der Waals surface area contributed by atoms with Gasteiger partial charge in [-0.1, -0.05) is 79.2 Å². The van der Waals surface area contributed by atoms with E-state index in [9.17, 15) is 10.2 Å². The second-order valence-electron chi connectivity index (χ2n) is 10.1. The average molecular weight is 382 g/mol. The number of hydrogen-bond acceptors (Lipinski definition) is 2. The minimum absolute atomic E-state index is 0.135. The molecule has 153 valence electrons. The van der Waals surface area contributed by atoms with Crippen LogP contribution in [0.5, 0.6) is 11.5 Å². The van der Waals surface area contributed by atoms with Crippen molar-refractivity contribution in [1.29, 1.82) is 0 Å². The van der Waals surface area contributed by atoms with Crippen LogP contribution in [0.1, 0.15) is 94.7 Å². The number of hydrogen-bond donors (Lipinski definition) is 2. The lowest BCUT2D eigenvalue weighted by Crippen LogP contribution is -2.15. The van der Waals surface area contributed by atoms with Crippen molar-refractivity contribution in [2.24, 2.45) is 0 Å². The van der Waals surface area contributed by atoms with Crippen molar-refractivity contribution in [2.75, 3.05) is 0 Å². The molecule has 1 radical (unpaired) electrons. The van der Waals surface area contributed by atoms with Gasteiger partial charge in [-0.25, -0.2) is 0 Å². The molecule has 2 aromatic rings. The molecular formula is C26H37O2. The lowest BCUT2D eigenvalue weighted by Gasteiger charge is -2.27. The summed E-state index contributed by atoms with van der Waals surface area (Å²) >= 11 is 0. The fraction of sp³-hybridized carbons (Fsp3) is 0.500. The predicted molar refractivity (Wildman–Crippen MR) is 119 cm³/mol. The Bertz CT molecular complexity index is 779. The molecule has 0 amide bonds. The minimum atomic E-state index is -0.135. The zero-order valence-electron chi connectivity index (χ0n) is 19.1. The summed E-state index contributed by atoms with van der Waals surface area (Å²) in [6.45, 7) is 18.9. The van der Waals surface area contributed by atoms with Gasteiger partial charge in [0.15, 0.2) is 0 Å². The molecule has 0 aliphatic rings. The highest BCUT2D eigenvalue weighted by Crippen LogP contribution is 2.41. The Morgan fingerprint density at radius 1 is 0.714 bits per heavy atom. The highest BCUT2D eigenvalue weighted by Gasteiger charge is 2.26. The Morgan fingerprint density at radius 2 is 1.07 bits per heavy atom. The Balaban J connectivity index is 2.71. The first-order valence-corrected chi connectivity index (χ1v) is 10.3. The van der Waals surface area contributed by atoms with Crippen LogP contribution in [0.15, 0.2) is 24.3 Å². The second-order valence-corrected chi connectivity index (χ2v) is 10.1. The molecule has 2 heteroatoms. The van der Waals surface area contributed by atoms with Gasteiger partial charge in [-0.05, 0) is 64.5 Å². The van der Waals surface area contributed by atoms with Gasteiger partial charge in [-0.3, -0.25) is 0 Å². The zero-order valence-corrected chi connectivity index (χ0v) is 19.1. The monoisotopic (exact) mass is 381 g/mol. The third-order valence-electron chi connectivity index (χ3n) is 5.41. The number of aryl methyl sites for hydroxylation is 2. The molecule has 0 aliphatic carbocycles. The first-order chi connectivity index (χ1) is 12.8. The molecule has 2 N–H and O–H groups in total. The van der Waals surface area contributed by atoms with Crippen LogP contribution in [0, 0.1) is 19.8 Å². The fourth-order valence-electron chi connectivity index (χ4n) is 3.76. The molecule has 2 nitrogen and oxygen atoms in total. The number of phenolic OH excluding ortho intramolecular Hbond substituents is 2. The van der Waals surface area contributed by atoms with Crippen molar-refractivity contribution in [3.05, 3.63) is 63.6 Å². The molecular weight excluding hydrogens is 344 g/mol. The Hall–Kier alpha value is -1.96. The van der Waals surface area contributed by atoms with E-state index in [1.807, 2.05) is 13.8 Å². The van der Waals surface area contributed by atoms with E-state index in [2.05, 4.69) is 72.7 Å². The summed E-state index contributed by atoms with van der Waals surface area (Å²) in [6, 6.07) is 8.47. The van der Waals surface area contributed by atoms with E-state index >= 15 is 0 Å². The van der Waals surface area contributed by atoms with E-state index in [0.29, 0.717) is 11.5 Å². The summed E-state index contributed by atoms with van der Waals surface area (Å²) in [5.74, 6) is 2.05. The van der Waals surface area contributed by atoms with E-state index in [-0.39, 0.29) is 10.8 Å². The smallest absolute Gasteiger partial charge is 0.122 e. The lowest BCUT2D eigenvalue weighted by atomic mass is 9.78. The maximum atomic E-state index is 10.6. The van der Waals surface area contributed by atoms with Gasteiger partial charge < -0.3 is 10.2 Å². The average Bonchev–Trinajstić information content (AvgIpc) is 2.55. The number of rotatable bonds is 4. The first kappa shape index (κ1) is 22.3.